The van der Waals surface area contributed by atoms with Gasteiger partial charge < -0.3 is 5.32 Å². The topological polar surface area (TPSA) is 50.7 Å². The molecule has 2 aromatic rings. The summed E-state index contributed by atoms with van der Waals surface area (Å²) in [5.74, 6) is 1.69. The van der Waals surface area contributed by atoms with E-state index in [2.05, 4.69) is 56.7 Å². The Kier molecular flexibility index (Phi) is 4.68. The highest BCUT2D eigenvalue weighted by atomic mass is 127. The molecule has 2 rings (SSSR count). The van der Waals surface area contributed by atoms with Crippen LogP contribution in [0.2, 0.25) is 0 Å². The van der Waals surface area contributed by atoms with Gasteiger partial charge in [-0.15, -0.1) is 0 Å². The maximum atomic E-state index is 4.68. The number of pyridine rings is 1. The fraction of sp³-hybridized carbons (Fsp3) is 0.357. The van der Waals surface area contributed by atoms with Gasteiger partial charge in [0.25, 0.3) is 0 Å². The Morgan fingerprint density at radius 1 is 1.26 bits per heavy atom. The number of halogens is 1. The van der Waals surface area contributed by atoms with E-state index in [1.165, 1.54) is 0 Å². The van der Waals surface area contributed by atoms with Gasteiger partial charge in [0.1, 0.15) is 5.82 Å². The maximum Gasteiger partial charge on any atom is 0.162 e. The molecule has 0 radical (unpaired) electrons. The second-order valence-electron chi connectivity index (χ2n) is 4.23. The molecule has 0 aliphatic rings. The summed E-state index contributed by atoms with van der Waals surface area (Å²) in [5, 5.41) is 3.31. The Labute approximate surface area is 127 Å². The molecule has 2 aromatic heterocycles. The molecule has 0 spiro atoms. The second kappa shape index (κ2) is 6.27. The SMILES string of the molecule is CCNc1nc(-c2ccncc2C)nc(CC)c1I. The van der Waals surface area contributed by atoms with Crippen LogP contribution in [-0.2, 0) is 6.42 Å². The number of hydrogen-bond donors (Lipinski definition) is 1. The van der Waals surface area contributed by atoms with Crippen LogP contribution in [0.1, 0.15) is 25.1 Å². The van der Waals surface area contributed by atoms with Gasteiger partial charge in [-0.25, -0.2) is 9.97 Å². The first-order valence-corrected chi connectivity index (χ1v) is 7.46. The fourth-order valence-corrected chi connectivity index (χ4v) is 2.67. The van der Waals surface area contributed by atoms with E-state index in [9.17, 15) is 0 Å². The molecule has 0 atom stereocenters. The fourth-order valence-electron chi connectivity index (χ4n) is 1.86. The third-order valence-corrected chi connectivity index (χ3v) is 3.99. The summed E-state index contributed by atoms with van der Waals surface area (Å²) in [6.45, 7) is 7.07. The zero-order valence-electron chi connectivity index (χ0n) is 11.4. The van der Waals surface area contributed by atoms with Crippen molar-refractivity contribution >= 4 is 28.4 Å². The molecular weight excluding hydrogens is 351 g/mol. The Hall–Kier alpha value is -1.24. The van der Waals surface area contributed by atoms with Crippen LogP contribution in [0.4, 0.5) is 5.82 Å². The van der Waals surface area contributed by atoms with E-state index in [0.29, 0.717) is 0 Å². The van der Waals surface area contributed by atoms with Gasteiger partial charge in [-0.3, -0.25) is 4.98 Å². The van der Waals surface area contributed by atoms with E-state index in [4.69, 9.17) is 0 Å². The van der Waals surface area contributed by atoms with Crippen molar-refractivity contribution in [2.75, 3.05) is 11.9 Å². The Balaban J connectivity index is 2.58. The maximum absolute atomic E-state index is 4.68. The highest BCUT2D eigenvalue weighted by molar-refractivity contribution is 14.1. The molecule has 19 heavy (non-hydrogen) atoms. The van der Waals surface area contributed by atoms with Crippen LogP contribution < -0.4 is 5.32 Å². The van der Waals surface area contributed by atoms with Gasteiger partial charge in [-0.1, -0.05) is 6.92 Å². The molecule has 0 aliphatic carbocycles. The van der Waals surface area contributed by atoms with Crippen LogP contribution >= 0.6 is 22.6 Å². The average molecular weight is 368 g/mol. The molecule has 0 bridgehead atoms. The number of rotatable bonds is 4. The predicted octanol–water partition coefficient (Wildman–Crippen LogP) is 3.45. The van der Waals surface area contributed by atoms with Crippen LogP contribution in [-0.4, -0.2) is 21.5 Å². The molecule has 0 aromatic carbocycles. The summed E-state index contributed by atoms with van der Waals surface area (Å²) < 4.78 is 1.11. The molecule has 5 heteroatoms. The Morgan fingerprint density at radius 2 is 2.05 bits per heavy atom. The summed E-state index contributed by atoms with van der Waals surface area (Å²) in [5.41, 5.74) is 3.21. The minimum absolute atomic E-state index is 0.771. The molecular formula is C14H17IN4. The lowest BCUT2D eigenvalue weighted by Crippen LogP contribution is -2.08. The van der Waals surface area contributed by atoms with E-state index < -0.39 is 0 Å². The van der Waals surface area contributed by atoms with Crippen LogP contribution in [0.3, 0.4) is 0 Å². The first-order valence-electron chi connectivity index (χ1n) is 6.38. The standard InChI is InChI=1S/C14H17IN4/c1-4-11-12(15)14(17-5-2)19-13(18-11)10-6-7-16-8-9(10)3/h6-8H,4-5H2,1-3H3,(H,17,18,19). The van der Waals surface area contributed by atoms with Crippen LogP contribution in [0.5, 0.6) is 0 Å². The summed E-state index contributed by atoms with van der Waals surface area (Å²) in [4.78, 5) is 13.4. The number of nitrogens with one attached hydrogen (secondary N) is 1. The van der Waals surface area contributed by atoms with Gasteiger partial charge in [0.15, 0.2) is 5.82 Å². The molecule has 0 amide bonds. The number of aromatic nitrogens is 3. The van der Waals surface area contributed by atoms with Crippen molar-refractivity contribution in [2.24, 2.45) is 0 Å². The van der Waals surface area contributed by atoms with E-state index in [1.54, 1.807) is 6.20 Å². The van der Waals surface area contributed by atoms with Crippen LogP contribution in [0, 0.1) is 10.5 Å². The minimum atomic E-state index is 0.771. The van der Waals surface area contributed by atoms with Crippen molar-refractivity contribution in [3.05, 3.63) is 33.3 Å². The van der Waals surface area contributed by atoms with Crippen molar-refractivity contribution < 1.29 is 0 Å². The smallest absolute Gasteiger partial charge is 0.162 e. The lowest BCUT2D eigenvalue weighted by atomic mass is 10.1. The third kappa shape index (κ3) is 3.02. The number of aryl methyl sites for hydroxylation is 2. The Morgan fingerprint density at radius 3 is 2.68 bits per heavy atom. The van der Waals surface area contributed by atoms with Gasteiger partial charge >= 0.3 is 0 Å². The molecule has 1 N–H and O–H groups in total. The monoisotopic (exact) mass is 368 g/mol. The highest BCUT2D eigenvalue weighted by Gasteiger charge is 2.13. The number of nitrogens with zero attached hydrogens (tertiary/aromatic N) is 3. The van der Waals surface area contributed by atoms with Gasteiger partial charge in [0, 0.05) is 24.5 Å². The molecule has 0 aliphatic heterocycles. The summed E-state index contributed by atoms with van der Waals surface area (Å²) in [7, 11) is 0. The average Bonchev–Trinajstić information content (AvgIpc) is 2.42. The molecule has 4 nitrogen and oxygen atoms in total. The Bertz CT molecular complexity index is 584. The van der Waals surface area contributed by atoms with Gasteiger partial charge in [0.05, 0.1) is 9.26 Å². The lowest BCUT2D eigenvalue weighted by molar-refractivity contribution is 0.980. The van der Waals surface area contributed by atoms with E-state index >= 15 is 0 Å². The van der Waals surface area contributed by atoms with Crippen LogP contribution in [0.25, 0.3) is 11.4 Å². The van der Waals surface area contributed by atoms with Crippen molar-refractivity contribution in [1.82, 2.24) is 15.0 Å². The van der Waals surface area contributed by atoms with Crippen molar-refractivity contribution in [1.29, 1.82) is 0 Å². The lowest BCUT2D eigenvalue weighted by Gasteiger charge is -2.12. The summed E-state index contributed by atoms with van der Waals surface area (Å²) in [6.07, 6.45) is 4.52. The summed E-state index contributed by atoms with van der Waals surface area (Å²) in [6, 6.07) is 1.96. The quantitative estimate of drug-likeness (QED) is 0.840. The first-order chi connectivity index (χ1) is 9.17. The van der Waals surface area contributed by atoms with E-state index in [0.717, 1.165) is 45.0 Å². The molecule has 0 saturated carbocycles. The largest absolute Gasteiger partial charge is 0.369 e. The van der Waals surface area contributed by atoms with Gasteiger partial charge in [-0.2, -0.15) is 0 Å². The van der Waals surface area contributed by atoms with Crippen molar-refractivity contribution in [3.8, 4) is 11.4 Å². The molecule has 0 unspecified atom stereocenters. The van der Waals surface area contributed by atoms with Gasteiger partial charge in [0.2, 0.25) is 0 Å². The normalized spacial score (nSPS) is 10.5. The van der Waals surface area contributed by atoms with Crippen molar-refractivity contribution in [2.45, 2.75) is 27.2 Å². The van der Waals surface area contributed by atoms with E-state index in [1.807, 2.05) is 19.2 Å². The highest BCUT2D eigenvalue weighted by Crippen LogP contribution is 2.25. The van der Waals surface area contributed by atoms with E-state index in [-0.39, 0.29) is 0 Å². The second-order valence-corrected chi connectivity index (χ2v) is 5.31. The third-order valence-electron chi connectivity index (χ3n) is 2.86. The number of hydrogen-bond acceptors (Lipinski definition) is 4. The molecule has 0 fully saturated rings. The summed E-state index contributed by atoms with van der Waals surface area (Å²) >= 11 is 2.31. The van der Waals surface area contributed by atoms with Crippen LogP contribution in [0.15, 0.2) is 18.5 Å². The van der Waals surface area contributed by atoms with Crippen molar-refractivity contribution in [3.63, 3.8) is 0 Å². The molecule has 100 valence electrons. The van der Waals surface area contributed by atoms with Gasteiger partial charge in [-0.05, 0) is 54.5 Å². The zero-order chi connectivity index (χ0) is 13.8. The zero-order valence-corrected chi connectivity index (χ0v) is 13.5. The predicted molar refractivity (Wildman–Crippen MR) is 86.3 cm³/mol. The molecule has 0 saturated heterocycles. The molecule has 2 heterocycles. The number of anilines is 1. The minimum Gasteiger partial charge on any atom is -0.369 e. The first kappa shape index (κ1) is 14.2.